The lowest BCUT2D eigenvalue weighted by Crippen LogP contribution is -2.14. The summed E-state index contributed by atoms with van der Waals surface area (Å²) < 4.78 is 12.4. The van der Waals surface area contributed by atoms with Crippen LogP contribution in [-0.2, 0) is 17.6 Å². The molecule has 7 nitrogen and oxygen atoms in total. The van der Waals surface area contributed by atoms with E-state index in [4.69, 9.17) is 9.47 Å². The van der Waals surface area contributed by atoms with Crippen LogP contribution < -0.4 is 9.47 Å². The molecule has 7 heteroatoms. The highest BCUT2D eigenvalue weighted by atomic mass is 16.5. The highest BCUT2D eigenvalue weighted by Crippen LogP contribution is 2.22. The third kappa shape index (κ3) is 4.13. The maximum absolute atomic E-state index is 12.5. The number of esters is 1. The van der Waals surface area contributed by atoms with Gasteiger partial charge in [-0.15, -0.1) is 0 Å². The van der Waals surface area contributed by atoms with Crippen LogP contribution in [-0.4, -0.2) is 32.8 Å². The van der Waals surface area contributed by atoms with Gasteiger partial charge >= 0.3 is 5.97 Å². The predicted molar refractivity (Wildman–Crippen MR) is 110 cm³/mol. The molecule has 0 saturated carbocycles. The van der Waals surface area contributed by atoms with Crippen LogP contribution in [0.1, 0.15) is 24.6 Å². The Bertz CT molecular complexity index is 1100. The number of hydrogen-bond acceptors (Lipinski definition) is 5. The van der Waals surface area contributed by atoms with E-state index in [9.17, 15) is 4.79 Å². The minimum absolute atomic E-state index is 0.151. The van der Waals surface area contributed by atoms with Crippen molar-refractivity contribution in [3.63, 3.8) is 0 Å². The van der Waals surface area contributed by atoms with E-state index in [0.717, 1.165) is 40.9 Å². The Kier molecular flexibility index (Phi) is 5.29. The molecule has 0 spiro atoms. The van der Waals surface area contributed by atoms with E-state index in [1.165, 1.54) is 0 Å². The van der Waals surface area contributed by atoms with Crippen molar-refractivity contribution >= 4 is 17.0 Å². The predicted octanol–water partition coefficient (Wildman–Crippen LogP) is 3.86. The van der Waals surface area contributed by atoms with Gasteiger partial charge in [-0.2, -0.15) is 9.78 Å². The van der Waals surface area contributed by atoms with Gasteiger partial charge in [0.1, 0.15) is 5.75 Å². The zero-order chi connectivity index (χ0) is 20.2. The fraction of sp³-hybridized carbons (Fsp3) is 0.227. The lowest BCUT2D eigenvalue weighted by molar-refractivity contribution is -0.134. The summed E-state index contributed by atoms with van der Waals surface area (Å²) in [5, 5.41) is 4.58. The number of H-pyrrole nitrogens is 1. The minimum Gasteiger partial charge on any atom is -0.497 e. The van der Waals surface area contributed by atoms with Gasteiger partial charge in [0.2, 0.25) is 11.8 Å². The van der Waals surface area contributed by atoms with Gasteiger partial charge in [0, 0.05) is 6.07 Å². The second-order valence-corrected chi connectivity index (χ2v) is 6.71. The largest absolute Gasteiger partial charge is 0.497 e. The van der Waals surface area contributed by atoms with Gasteiger partial charge in [-0.3, -0.25) is 4.79 Å². The molecule has 4 rings (SSSR count). The van der Waals surface area contributed by atoms with Gasteiger partial charge in [-0.25, -0.2) is 4.98 Å². The number of nitrogens with one attached hydrogen (secondary N) is 1. The number of carbonyl (C=O) groups is 1. The number of para-hydroxylation sites is 2. The van der Waals surface area contributed by atoms with Crippen LogP contribution in [0.5, 0.6) is 11.6 Å². The summed E-state index contributed by atoms with van der Waals surface area (Å²) in [6, 6.07) is 16.8. The van der Waals surface area contributed by atoms with Crippen molar-refractivity contribution in [2.24, 2.45) is 0 Å². The average Bonchev–Trinajstić information content (AvgIpc) is 3.32. The molecule has 0 unspecified atom stereocenters. The van der Waals surface area contributed by atoms with Crippen molar-refractivity contribution in [3.05, 3.63) is 65.9 Å². The quantitative estimate of drug-likeness (QED) is 0.485. The van der Waals surface area contributed by atoms with E-state index < -0.39 is 0 Å². The monoisotopic (exact) mass is 390 g/mol. The molecule has 4 aromatic rings. The number of ether oxygens (including phenoxy) is 2. The number of aromatic nitrogens is 4. The third-order valence-electron chi connectivity index (χ3n) is 4.54. The van der Waals surface area contributed by atoms with Crippen molar-refractivity contribution < 1.29 is 14.3 Å². The lowest BCUT2D eigenvalue weighted by atomic mass is 10.1. The van der Waals surface area contributed by atoms with Crippen LogP contribution in [0.4, 0.5) is 0 Å². The zero-order valence-electron chi connectivity index (χ0n) is 16.4. The van der Waals surface area contributed by atoms with Gasteiger partial charge in [-0.05, 0) is 36.2 Å². The molecule has 0 aliphatic carbocycles. The average molecular weight is 390 g/mol. The van der Waals surface area contributed by atoms with Crippen molar-refractivity contribution in [2.45, 2.75) is 26.2 Å². The number of fused-ring (bicyclic) bond motifs is 1. The van der Waals surface area contributed by atoms with Gasteiger partial charge < -0.3 is 14.5 Å². The Labute approximate surface area is 168 Å². The molecule has 0 radical (unpaired) electrons. The molecule has 0 saturated heterocycles. The molecule has 0 bridgehead atoms. The second kappa shape index (κ2) is 8.18. The maximum Gasteiger partial charge on any atom is 0.316 e. The lowest BCUT2D eigenvalue weighted by Gasteiger charge is -2.06. The molecular formula is C22H22N4O3. The van der Waals surface area contributed by atoms with Crippen LogP contribution in [0.25, 0.3) is 17.0 Å². The minimum atomic E-state index is -0.365. The van der Waals surface area contributed by atoms with Crippen LogP contribution in [0.3, 0.4) is 0 Å². The van der Waals surface area contributed by atoms with Crippen LogP contribution in [0.2, 0.25) is 0 Å². The molecule has 29 heavy (non-hydrogen) atoms. The Morgan fingerprint density at radius 1 is 1.14 bits per heavy atom. The molecule has 1 N–H and O–H groups in total. The topological polar surface area (TPSA) is 82.0 Å². The molecule has 0 atom stereocenters. The van der Waals surface area contributed by atoms with Crippen molar-refractivity contribution in [1.82, 2.24) is 19.7 Å². The summed E-state index contributed by atoms with van der Waals surface area (Å²) in [4.78, 5) is 20.3. The number of benzene rings is 2. The number of aryl methyl sites for hydroxylation is 1. The van der Waals surface area contributed by atoms with Gasteiger partial charge in [-0.1, -0.05) is 37.6 Å². The van der Waals surface area contributed by atoms with Crippen molar-refractivity contribution in [2.75, 3.05) is 7.11 Å². The van der Waals surface area contributed by atoms with E-state index in [-0.39, 0.29) is 12.4 Å². The fourth-order valence-corrected chi connectivity index (χ4v) is 3.12. The van der Waals surface area contributed by atoms with Crippen molar-refractivity contribution in [1.29, 1.82) is 0 Å². The van der Waals surface area contributed by atoms with Crippen LogP contribution in [0, 0.1) is 0 Å². The molecule has 2 heterocycles. The fourth-order valence-electron chi connectivity index (χ4n) is 3.12. The normalized spacial score (nSPS) is 11.0. The van der Waals surface area contributed by atoms with E-state index >= 15 is 0 Å². The number of rotatable bonds is 7. The van der Waals surface area contributed by atoms with Gasteiger partial charge in [0.05, 0.1) is 30.3 Å². The Morgan fingerprint density at radius 3 is 2.66 bits per heavy atom. The number of imidazole rings is 1. The molecule has 0 aliphatic rings. The van der Waals surface area contributed by atoms with E-state index in [2.05, 4.69) is 22.0 Å². The van der Waals surface area contributed by atoms with Crippen LogP contribution in [0.15, 0.2) is 54.6 Å². The Balaban J connectivity index is 1.59. The summed E-state index contributed by atoms with van der Waals surface area (Å²) in [5.41, 5.74) is 3.41. The summed E-state index contributed by atoms with van der Waals surface area (Å²) in [5.74, 6) is 1.25. The van der Waals surface area contributed by atoms with E-state index in [1.54, 1.807) is 17.9 Å². The Hall–Kier alpha value is -3.61. The highest BCUT2D eigenvalue weighted by molar-refractivity contribution is 5.77. The summed E-state index contributed by atoms with van der Waals surface area (Å²) in [7, 11) is 1.61. The number of aromatic amines is 1. The van der Waals surface area contributed by atoms with Gasteiger partial charge in [0.25, 0.3) is 0 Å². The van der Waals surface area contributed by atoms with Gasteiger partial charge in [0.15, 0.2) is 0 Å². The standard InChI is InChI=1S/C22H22N4O3/c1-3-6-16-14-20(29-21(27)13-15-9-11-17(28-2)12-10-15)26(25-16)22-23-18-7-4-5-8-19(18)24-22/h4-5,7-12,14H,3,6,13H2,1-2H3,(H,23,24). The number of methoxy groups -OCH3 is 1. The summed E-state index contributed by atoms with van der Waals surface area (Å²) in [6.07, 6.45) is 1.88. The first-order valence-corrected chi connectivity index (χ1v) is 9.54. The number of carbonyl (C=O) groups excluding carboxylic acids is 1. The number of nitrogens with zero attached hydrogens (tertiary/aromatic N) is 3. The molecule has 2 aromatic heterocycles. The molecule has 148 valence electrons. The highest BCUT2D eigenvalue weighted by Gasteiger charge is 2.17. The smallest absolute Gasteiger partial charge is 0.316 e. The third-order valence-corrected chi connectivity index (χ3v) is 4.54. The van der Waals surface area contributed by atoms with E-state index in [0.29, 0.717) is 11.8 Å². The maximum atomic E-state index is 12.5. The molecule has 2 aromatic carbocycles. The van der Waals surface area contributed by atoms with Crippen LogP contribution >= 0.6 is 0 Å². The van der Waals surface area contributed by atoms with E-state index in [1.807, 2.05) is 48.5 Å². The SMILES string of the molecule is CCCc1cc(OC(=O)Cc2ccc(OC)cc2)n(-c2nc3ccccc3[nH]2)n1. The number of hydrogen-bond donors (Lipinski definition) is 1. The molecular weight excluding hydrogens is 368 g/mol. The summed E-state index contributed by atoms with van der Waals surface area (Å²) >= 11 is 0. The Morgan fingerprint density at radius 2 is 1.93 bits per heavy atom. The molecule has 0 aliphatic heterocycles. The molecule has 0 fully saturated rings. The zero-order valence-corrected chi connectivity index (χ0v) is 16.4. The second-order valence-electron chi connectivity index (χ2n) is 6.71. The molecule has 0 amide bonds. The first kappa shape index (κ1) is 18.7. The summed E-state index contributed by atoms with van der Waals surface area (Å²) in [6.45, 7) is 2.08. The first-order chi connectivity index (χ1) is 14.2. The first-order valence-electron chi connectivity index (χ1n) is 9.54. The van der Waals surface area contributed by atoms with Crippen molar-refractivity contribution in [3.8, 4) is 17.6 Å².